The topological polar surface area (TPSA) is 111 Å². The summed E-state index contributed by atoms with van der Waals surface area (Å²) in [5.41, 5.74) is 4.48. The summed E-state index contributed by atoms with van der Waals surface area (Å²) in [4.78, 5) is 24.4. The molecule has 7 nitrogen and oxygen atoms in total. The Hall–Kier alpha value is -4.13. The SMILES string of the molecule is C/C(=N/NC(=O)c1ccc(NC(=O)c2ccccc2)cc1)c1cc(O)ccc1O. The molecule has 2 amide bonds. The molecule has 3 aromatic rings. The van der Waals surface area contributed by atoms with E-state index in [4.69, 9.17) is 0 Å². The molecule has 0 saturated heterocycles. The number of hydrazone groups is 1. The fourth-order valence-electron chi connectivity index (χ4n) is 2.57. The summed E-state index contributed by atoms with van der Waals surface area (Å²) in [6.07, 6.45) is 0. The van der Waals surface area contributed by atoms with E-state index in [0.717, 1.165) is 0 Å². The van der Waals surface area contributed by atoms with E-state index in [0.29, 0.717) is 28.1 Å². The Bertz CT molecular complexity index is 1060. The average molecular weight is 389 g/mol. The molecule has 0 aliphatic heterocycles. The minimum Gasteiger partial charge on any atom is -0.508 e. The number of hydrogen-bond donors (Lipinski definition) is 4. The van der Waals surface area contributed by atoms with E-state index < -0.39 is 5.91 Å². The van der Waals surface area contributed by atoms with Crippen molar-refractivity contribution in [3.63, 3.8) is 0 Å². The van der Waals surface area contributed by atoms with Crippen LogP contribution in [0.1, 0.15) is 33.2 Å². The normalized spacial score (nSPS) is 11.0. The van der Waals surface area contributed by atoms with Crippen molar-refractivity contribution < 1.29 is 19.8 Å². The molecule has 0 aliphatic carbocycles. The molecule has 0 aromatic heterocycles. The van der Waals surface area contributed by atoms with Gasteiger partial charge in [0.05, 0.1) is 5.71 Å². The van der Waals surface area contributed by atoms with Crippen molar-refractivity contribution in [1.82, 2.24) is 5.43 Å². The Balaban J connectivity index is 1.64. The van der Waals surface area contributed by atoms with E-state index in [2.05, 4.69) is 15.8 Å². The van der Waals surface area contributed by atoms with Crippen molar-refractivity contribution in [3.05, 3.63) is 89.5 Å². The van der Waals surface area contributed by atoms with Crippen LogP contribution < -0.4 is 10.7 Å². The molecule has 0 saturated carbocycles. The molecule has 146 valence electrons. The van der Waals surface area contributed by atoms with Gasteiger partial charge in [0.2, 0.25) is 0 Å². The number of phenolic OH excluding ortho intramolecular Hbond substituents is 2. The van der Waals surface area contributed by atoms with Crippen molar-refractivity contribution in [3.8, 4) is 11.5 Å². The van der Waals surface area contributed by atoms with Crippen molar-refractivity contribution in [2.75, 3.05) is 5.32 Å². The van der Waals surface area contributed by atoms with Crippen LogP contribution in [0.3, 0.4) is 0 Å². The molecule has 7 heteroatoms. The summed E-state index contributed by atoms with van der Waals surface area (Å²) in [7, 11) is 0. The number of nitrogens with one attached hydrogen (secondary N) is 2. The van der Waals surface area contributed by atoms with Gasteiger partial charge in [-0.15, -0.1) is 0 Å². The second-order valence-corrected chi connectivity index (χ2v) is 6.24. The number of carbonyl (C=O) groups is 2. The summed E-state index contributed by atoms with van der Waals surface area (Å²) in [5, 5.41) is 26.1. The number of nitrogens with zero attached hydrogens (tertiary/aromatic N) is 1. The second-order valence-electron chi connectivity index (χ2n) is 6.24. The highest BCUT2D eigenvalue weighted by Crippen LogP contribution is 2.22. The lowest BCUT2D eigenvalue weighted by atomic mass is 10.1. The van der Waals surface area contributed by atoms with Crippen molar-refractivity contribution in [2.24, 2.45) is 5.10 Å². The van der Waals surface area contributed by atoms with Crippen molar-refractivity contribution in [1.29, 1.82) is 0 Å². The summed E-state index contributed by atoms with van der Waals surface area (Å²) >= 11 is 0. The Morgan fingerprint density at radius 3 is 2.17 bits per heavy atom. The summed E-state index contributed by atoms with van der Waals surface area (Å²) in [6, 6.07) is 19.2. The zero-order valence-electron chi connectivity index (χ0n) is 15.6. The van der Waals surface area contributed by atoms with Gasteiger partial charge in [0, 0.05) is 22.4 Å². The smallest absolute Gasteiger partial charge is 0.271 e. The number of amides is 2. The van der Waals surface area contributed by atoms with E-state index in [9.17, 15) is 19.8 Å². The predicted molar refractivity (Wildman–Crippen MR) is 110 cm³/mol. The van der Waals surface area contributed by atoms with Crippen LogP contribution in [0.25, 0.3) is 0 Å². The van der Waals surface area contributed by atoms with Crippen molar-refractivity contribution >= 4 is 23.2 Å². The van der Waals surface area contributed by atoms with Gasteiger partial charge in [-0.3, -0.25) is 9.59 Å². The number of phenols is 2. The molecule has 0 spiro atoms. The standard InChI is InChI=1S/C22H19N3O4/c1-14(19-13-18(26)11-12-20(19)27)24-25-22(29)16-7-9-17(10-8-16)23-21(28)15-5-3-2-4-6-15/h2-13,26-27H,1H3,(H,23,28)(H,25,29)/b24-14-. The van der Waals surface area contributed by atoms with Gasteiger partial charge in [0.1, 0.15) is 11.5 Å². The third kappa shape index (κ3) is 4.98. The second kappa shape index (κ2) is 8.71. The van der Waals surface area contributed by atoms with Gasteiger partial charge < -0.3 is 15.5 Å². The molecule has 4 N–H and O–H groups in total. The molecule has 0 aliphatic rings. The first kappa shape index (κ1) is 19.6. The molecule has 0 heterocycles. The Morgan fingerprint density at radius 1 is 0.828 bits per heavy atom. The summed E-state index contributed by atoms with van der Waals surface area (Å²) in [6.45, 7) is 1.59. The lowest BCUT2D eigenvalue weighted by molar-refractivity contribution is 0.0954. The van der Waals surface area contributed by atoms with Crippen LogP contribution in [0.15, 0.2) is 77.9 Å². The minimum absolute atomic E-state index is 0.0215. The molecule has 0 atom stereocenters. The fourth-order valence-corrected chi connectivity index (χ4v) is 2.57. The van der Waals surface area contributed by atoms with Crippen LogP contribution in [0.5, 0.6) is 11.5 Å². The maximum atomic E-state index is 12.3. The molecule has 0 unspecified atom stereocenters. The number of aromatic hydroxyl groups is 2. The first-order valence-corrected chi connectivity index (χ1v) is 8.77. The van der Waals surface area contributed by atoms with Crippen LogP contribution in [-0.2, 0) is 0 Å². The molecule has 3 aromatic carbocycles. The van der Waals surface area contributed by atoms with E-state index >= 15 is 0 Å². The van der Waals surface area contributed by atoms with Crippen LogP contribution in [-0.4, -0.2) is 27.7 Å². The number of carbonyl (C=O) groups excluding carboxylic acids is 2. The van der Waals surface area contributed by atoms with Crippen LogP contribution >= 0.6 is 0 Å². The van der Waals surface area contributed by atoms with Crippen LogP contribution in [0.2, 0.25) is 0 Å². The number of rotatable bonds is 5. The Labute approximate surface area is 167 Å². The van der Waals surface area contributed by atoms with E-state index in [1.54, 1.807) is 55.5 Å². The van der Waals surface area contributed by atoms with Crippen LogP contribution in [0.4, 0.5) is 5.69 Å². The monoisotopic (exact) mass is 389 g/mol. The predicted octanol–water partition coefficient (Wildman–Crippen LogP) is 3.50. The maximum Gasteiger partial charge on any atom is 0.271 e. The van der Waals surface area contributed by atoms with Gasteiger partial charge in [-0.25, -0.2) is 5.43 Å². The van der Waals surface area contributed by atoms with Gasteiger partial charge in [0.15, 0.2) is 0 Å². The highest BCUT2D eigenvalue weighted by atomic mass is 16.3. The molecule has 0 bridgehead atoms. The van der Waals surface area contributed by atoms with Gasteiger partial charge in [0.25, 0.3) is 11.8 Å². The average Bonchev–Trinajstić information content (AvgIpc) is 2.74. The first-order valence-electron chi connectivity index (χ1n) is 8.77. The number of anilines is 1. The van der Waals surface area contributed by atoms with E-state index in [1.165, 1.54) is 18.2 Å². The van der Waals surface area contributed by atoms with E-state index in [1.807, 2.05) is 6.07 Å². The largest absolute Gasteiger partial charge is 0.508 e. The Kier molecular flexibility index (Phi) is 5.89. The van der Waals surface area contributed by atoms with E-state index in [-0.39, 0.29) is 17.4 Å². The number of benzene rings is 3. The summed E-state index contributed by atoms with van der Waals surface area (Å²) < 4.78 is 0. The third-order valence-electron chi connectivity index (χ3n) is 4.14. The minimum atomic E-state index is -0.454. The fraction of sp³-hybridized carbons (Fsp3) is 0.0455. The maximum absolute atomic E-state index is 12.3. The quantitative estimate of drug-likeness (QED) is 0.304. The molecule has 0 radical (unpaired) electrons. The van der Waals surface area contributed by atoms with Crippen molar-refractivity contribution in [2.45, 2.75) is 6.92 Å². The Morgan fingerprint density at radius 2 is 1.48 bits per heavy atom. The highest BCUT2D eigenvalue weighted by molar-refractivity contribution is 6.05. The lowest BCUT2D eigenvalue weighted by Crippen LogP contribution is -2.19. The molecule has 0 fully saturated rings. The number of hydrogen-bond acceptors (Lipinski definition) is 5. The highest BCUT2D eigenvalue weighted by Gasteiger charge is 2.09. The zero-order valence-corrected chi connectivity index (χ0v) is 15.6. The molecular weight excluding hydrogens is 370 g/mol. The van der Waals surface area contributed by atoms with Gasteiger partial charge in [-0.2, -0.15) is 5.10 Å². The van der Waals surface area contributed by atoms with Gasteiger partial charge >= 0.3 is 0 Å². The molecular formula is C22H19N3O4. The molecule has 29 heavy (non-hydrogen) atoms. The molecule has 3 rings (SSSR count). The zero-order chi connectivity index (χ0) is 20.8. The first-order chi connectivity index (χ1) is 13.9. The summed E-state index contributed by atoms with van der Waals surface area (Å²) in [5.74, 6) is -0.775. The third-order valence-corrected chi connectivity index (χ3v) is 4.14. The van der Waals surface area contributed by atoms with Crippen LogP contribution in [0, 0.1) is 0 Å². The van der Waals surface area contributed by atoms with Gasteiger partial charge in [-0.1, -0.05) is 18.2 Å². The lowest BCUT2D eigenvalue weighted by Gasteiger charge is -2.07. The van der Waals surface area contributed by atoms with Gasteiger partial charge in [-0.05, 0) is 61.5 Å².